The fourth-order valence-electron chi connectivity index (χ4n) is 2.59. The molecule has 9 heteroatoms. The number of esters is 2. The average Bonchev–Trinajstić information content (AvgIpc) is 2.99. The molecule has 0 bridgehead atoms. The SMILES string of the molecule is COC(=O)c1c(NC(=O)COC(=O)CCNC(=O)Cc2ccccc2)sc(C)c1C. The average molecular weight is 432 g/mol. The van der Waals surface area contributed by atoms with Crippen LogP contribution in [0.3, 0.4) is 0 Å². The molecule has 0 aliphatic rings. The number of rotatable bonds is 9. The summed E-state index contributed by atoms with van der Waals surface area (Å²) in [5, 5.41) is 5.56. The van der Waals surface area contributed by atoms with Crippen LogP contribution in [0.5, 0.6) is 0 Å². The van der Waals surface area contributed by atoms with Gasteiger partial charge in [-0.1, -0.05) is 30.3 Å². The van der Waals surface area contributed by atoms with Gasteiger partial charge in [0.2, 0.25) is 5.91 Å². The number of carbonyl (C=O) groups is 4. The van der Waals surface area contributed by atoms with E-state index in [0.717, 1.165) is 16.0 Å². The Kier molecular flexibility index (Phi) is 8.54. The minimum absolute atomic E-state index is 0.0571. The molecule has 1 heterocycles. The number of nitrogens with one attached hydrogen (secondary N) is 2. The highest BCUT2D eigenvalue weighted by Crippen LogP contribution is 2.32. The van der Waals surface area contributed by atoms with E-state index < -0.39 is 24.5 Å². The first-order valence-electron chi connectivity index (χ1n) is 9.26. The van der Waals surface area contributed by atoms with Crippen LogP contribution in [0.25, 0.3) is 0 Å². The first kappa shape index (κ1) is 23.1. The van der Waals surface area contributed by atoms with Crippen molar-refractivity contribution in [2.45, 2.75) is 26.7 Å². The van der Waals surface area contributed by atoms with Crippen LogP contribution in [-0.2, 0) is 30.3 Å². The summed E-state index contributed by atoms with van der Waals surface area (Å²) in [4.78, 5) is 48.5. The predicted molar refractivity (Wildman–Crippen MR) is 112 cm³/mol. The molecule has 2 aromatic rings. The van der Waals surface area contributed by atoms with Gasteiger partial charge in [-0.25, -0.2) is 4.79 Å². The third kappa shape index (κ3) is 6.70. The van der Waals surface area contributed by atoms with Crippen molar-refractivity contribution in [3.05, 3.63) is 51.9 Å². The van der Waals surface area contributed by atoms with Crippen LogP contribution in [-0.4, -0.2) is 44.0 Å². The molecule has 0 aliphatic heterocycles. The molecule has 2 N–H and O–H groups in total. The maximum atomic E-state index is 12.1. The van der Waals surface area contributed by atoms with Gasteiger partial charge in [0.15, 0.2) is 6.61 Å². The molecule has 0 spiro atoms. The maximum absolute atomic E-state index is 12.1. The number of ether oxygens (including phenoxy) is 2. The standard InChI is InChI=1S/C21H24N2O6S/c1-13-14(2)30-20(19(13)21(27)28-3)23-17(25)12-29-18(26)9-10-22-16(24)11-15-7-5-4-6-8-15/h4-8H,9-12H2,1-3H3,(H,22,24)(H,23,25). The highest BCUT2D eigenvalue weighted by atomic mass is 32.1. The van der Waals surface area contributed by atoms with Gasteiger partial charge in [0.05, 0.1) is 25.5 Å². The molecule has 1 aromatic carbocycles. The van der Waals surface area contributed by atoms with Crippen LogP contribution in [0.2, 0.25) is 0 Å². The first-order chi connectivity index (χ1) is 14.3. The van der Waals surface area contributed by atoms with Crippen molar-refractivity contribution in [3.63, 3.8) is 0 Å². The Bertz CT molecular complexity index is 923. The lowest BCUT2D eigenvalue weighted by molar-refractivity contribution is -0.147. The Morgan fingerprint density at radius 1 is 1.03 bits per heavy atom. The number of methoxy groups -OCH3 is 1. The van der Waals surface area contributed by atoms with Crippen molar-refractivity contribution in [2.24, 2.45) is 0 Å². The van der Waals surface area contributed by atoms with Gasteiger partial charge in [-0.05, 0) is 25.0 Å². The van der Waals surface area contributed by atoms with E-state index in [9.17, 15) is 19.2 Å². The van der Waals surface area contributed by atoms with E-state index in [1.807, 2.05) is 37.3 Å². The zero-order valence-corrected chi connectivity index (χ0v) is 17.9. The first-order valence-corrected chi connectivity index (χ1v) is 10.1. The van der Waals surface area contributed by atoms with Gasteiger partial charge < -0.3 is 20.1 Å². The molecule has 2 rings (SSSR count). The zero-order chi connectivity index (χ0) is 22.1. The van der Waals surface area contributed by atoms with Crippen LogP contribution in [0.4, 0.5) is 5.00 Å². The largest absolute Gasteiger partial charge is 0.465 e. The number of aryl methyl sites for hydroxylation is 1. The minimum Gasteiger partial charge on any atom is -0.465 e. The molecule has 160 valence electrons. The van der Waals surface area contributed by atoms with E-state index in [1.54, 1.807) is 6.92 Å². The summed E-state index contributed by atoms with van der Waals surface area (Å²) < 4.78 is 9.67. The van der Waals surface area contributed by atoms with Crippen LogP contribution in [0.1, 0.15) is 32.8 Å². The van der Waals surface area contributed by atoms with E-state index in [2.05, 4.69) is 10.6 Å². The Labute approximate surface area is 178 Å². The van der Waals surface area contributed by atoms with Gasteiger partial charge in [-0.15, -0.1) is 11.3 Å². The molecule has 2 amide bonds. The quantitative estimate of drug-likeness (QED) is 0.589. The van der Waals surface area contributed by atoms with Crippen LogP contribution < -0.4 is 10.6 Å². The summed E-state index contributed by atoms with van der Waals surface area (Å²) in [7, 11) is 1.26. The molecule has 0 radical (unpaired) electrons. The second-order valence-electron chi connectivity index (χ2n) is 6.45. The molecule has 1 aromatic heterocycles. The predicted octanol–water partition coefficient (Wildman–Crippen LogP) is 2.38. The molecule has 30 heavy (non-hydrogen) atoms. The van der Waals surface area contributed by atoms with Crippen molar-refractivity contribution in [1.82, 2.24) is 5.32 Å². The van der Waals surface area contributed by atoms with Crippen LogP contribution >= 0.6 is 11.3 Å². The van der Waals surface area contributed by atoms with E-state index in [4.69, 9.17) is 9.47 Å². The molecular weight excluding hydrogens is 408 g/mol. The van der Waals surface area contributed by atoms with E-state index >= 15 is 0 Å². The highest BCUT2D eigenvalue weighted by molar-refractivity contribution is 7.16. The smallest absolute Gasteiger partial charge is 0.341 e. The highest BCUT2D eigenvalue weighted by Gasteiger charge is 2.22. The summed E-state index contributed by atoms with van der Waals surface area (Å²) in [5.74, 6) is -1.93. The second kappa shape index (κ2) is 11.1. The number of anilines is 1. The number of amides is 2. The van der Waals surface area contributed by atoms with Crippen molar-refractivity contribution in [2.75, 3.05) is 25.6 Å². The van der Waals surface area contributed by atoms with Crippen molar-refractivity contribution >= 4 is 40.1 Å². The topological polar surface area (TPSA) is 111 Å². The molecule has 0 aliphatic carbocycles. The minimum atomic E-state index is -0.614. The van der Waals surface area contributed by atoms with E-state index in [0.29, 0.717) is 10.6 Å². The third-order valence-electron chi connectivity index (χ3n) is 4.25. The lowest BCUT2D eigenvalue weighted by atomic mass is 10.1. The Balaban J connectivity index is 1.73. The fourth-order valence-corrected chi connectivity index (χ4v) is 3.66. The molecular formula is C21H24N2O6S. The molecule has 0 atom stereocenters. The fraction of sp³-hybridized carbons (Fsp3) is 0.333. The molecule has 0 saturated carbocycles. The summed E-state index contributed by atoms with van der Waals surface area (Å²) in [6.45, 7) is 3.21. The van der Waals surface area contributed by atoms with Gasteiger partial charge in [0, 0.05) is 11.4 Å². The Morgan fingerprint density at radius 2 is 1.73 bits per heavy atom. The van der Waals surface area contributed by atoms with Crippen molar-refractivity contribution < 1.29 is 28.7 Å². The van der Waals surface area contributed by atoms with Gasteiger partial charge >= 0.3 is 11.9 Å². The number of thiophene rings is 1. The van der Waals surface area contributed by atoms with Crippen LogP contribution in [0.15, 0.2) is 30.3 Å². The molecule has 8 nitrogen and oxygen atoms in total. The number of benzene rings is 1. The summed E-state index contributed by atoms with van der Waals surface area (Å²) in [5.41, 5.74) is 1.89. The Hall–Kier alpha value is -3.20. The monoisotopic (exact) mass is 432 g/mol. The summed E-state index contributed by atoms with van der Waals surface area (Å²) >= 11 is 1.24. The van der Waals surface area contributed by atoms with Gasteiger partial charge in [-0.3, -0.25) is 14.4 Å². The van der Waals surface area contributed by atoms with E-state index in [1.165, 1.54) is 18.4 Å². The summed E-state index contributed by atoms with van der Waals surface area (Å²) in [6, 6.07) is 9.24. The number of carbonyl (C=O) groups excluding carboxylic acids is 4. The third-order valence-corrected chi connectivity index (χ3v) is 5.37. The van der Waals surface area contributed by atoms with Crippen LogP contribution in [0, 0.1) is 13.8 Å². The van der Waals surface area contributed by atoms with E-state index in [-0.39, 0.29) is 25.3 Å². The maximum Gasteiger partial charge on any atom is 0.341 e. The van der Waals surface area contributed by atoms with Crippen molar-refractivity contribution in [3.8, 4) is 0 Å². The lowest BCUT2D eigenvalue weighted by Gasteiger charge is -2.08. The molecule has 0 saturated heterocycles. The van der Waals surface area contributed by atoms with Gasteiger partial charge in [-0.2, -0.15) is 0 Å². The number of hydrogen-bond donors (Lipinski definition) is 2. The number of hydrogen-bond acceptors (Lipinski definition) is 7. The normalized spacial score (nSPS) is 10.2. The molecule has 0 fully saturated rings. The zero-order valence-electron chi connectivity index (χ0n) is 17.1. The lowest BCUT2D eigenvalue weighted by Crippen LogP contribution is -2.28. The second-order valence-corrected chi connectivity index (χ2v) is 7.67. The molecule has 0 unspecified atom stereocenters. The van der Waals surface area contributed by atoms with Crippen molar-refractivity contribution in [1.29, 1.82) is 0 Å². The Morgan fingerprint density at radius 3 is 2.40 bits per heavy atom. The van der Waals surface area contributed by atoms with Gasteiger partial charge in [0.1, 0.15) is 5.00 Å². The van der Waals surface area contributed by atoms with Gasteiger partial charge in [0.25, 0.3) is 5.91 Å². The summed E-state index contributed by atoms with van der Waals surface area (Å²) in [6.07, 6.45) is 0.166.